The Morgan fingerprint density at radius 3 is 2.42 bits per heavy atom. The van der Waals surface area contributed by atoms with Crippen molar-refractivity contribution in [1.29, 1.82) is 0 Å². The van der Waals surface area contributed by atoms with E-state index in [2.05, 4.69) is 33.5 Å². The van der Waals surface area contributed by atoms with Gasteiger partial charge in [-0.05, 0) is 43.9 Å². The van der Waals surface area contributed by atoms with Crippen LogP contribution >= 0.6 is 0 Å². The molecule has 1 spiro atoms. The van der Waals surface area contributed by atoms with Gasteiger partial charge in [0.2, 0.25) is 5.91 Å². The van der Waals surface area contributed by atoms with Gasteiger partial charge in [0.15, 0.2) is 0 Å². The highest BCUT2D eigenvalue weighted by molar-refractivity contribution is 5.79. The smallest absolute Gasteiger partial charge is 0.225 e. The predicted molar refractivity (Wildman–Crippen MR) is 92.6 cm³/mol. The highest BCUT2D eigenvalue weighted by Crippen LogP contribution is 2.42. The van der Waals surface area contributed by atoms with Gasteiger partial charge >= 0.3 is 0 Å². The molecule has 3 aliphatic rings. The molecular formula is C19H30N4O. The first kappa shape index (κ1) is 16.1. The average Bonchev–Trinajstić information content (AvgIpc) is 2.86. The molecule has 5 nitrogen and oxygen atoms in total. The SMILES string of the molecule is CC(C)c1nnc2n1CCC1(CC2)CCN(C(=O)C2CCC2)CC1. The number of rotatable bonds is 2. The lowest BCUT2D eigenvalue weighted by Crippen LogP contribution is -2.46. The first-order chi connectivity index (χ1) is 11.6. The van der Waals surface area contributed by atoms with Crippen molar-refractivity contribution in [3.63, 3.8) is 0 Å². The minimum atomic E-state index is 0.345. The zero-order valence-electron chi connectivity index (χ0n) is 15.1. The zero-order valence-corrected chi connectivity index (χ0v) is 15.1. The maximum Gasteiger partial charge on any atom is 0.225 e. The van der Waals surface area contributed by atoms with Crippen molar-refractivity contribution in [2.45, 2.75) is 77.7 Å². The molecule has 2 aliphatic heterocycles. The summed E-state index contributed by atoms with van der Waals surface area (Å²) in [4.78, 5) is 14.6. The van der Waals surface area contributed by atoms with E-state index in [1.807, 2.05) is 0 Å². The summed E-state index contributed by atoms with van der Waals surface area (Å²) in [5.41, 5.74) is 0.408. The number of carbonyl (C=O) groups is 1. The molecule has 4 rings (SSSR count). The fourth-order valence-corrected chi connectivity index (χ4v) is 4.67. The Morgan fingerprint density at radius 1 is 1.08 bits per heavy atom. The van der Waals surface area contributed by atoms with Crippen LogP contribution in [0.2, 0.25) is 0 Å². The van der Waals surface area contributed by atoms with Gasteiger partial charge in [0.25, 0.3) is 0 Å². The van der Waals surface area contributed by atoms with Gasteiger partial charge in [0.1, 0.15) is 11.6 Å². The average molecular weight is 330 g/mol. The van der Waals surface area contributed by atoms with Crippen LogP contribution in [-0.4, -0.2) is 38.7 Å². The molecule has 0 aromatic carbocycles. The Morgan fingerprint density at radius 2 is 1.79 bits per heavy atom. The number of likely N-dealkylation sites (tertiary alicyclic amines) is 1. The van der Waals surface area contributed by atoms with Gasteiger partial charge in [0, 0.05) is 37.9 Å². The van der Waals surface area contributed by atoms with Crippen LogP contribution in [0.15, 0.2) is 0 Å². The van der Waals surface area contributed by atoms with E-state index in [0.717, 1.165) is 44.7 Å². The van der Waals surface area contributed by atoms with E-state index in [9.17, 15) is 4.79 Å². The molecule has 1 aromatic heterocycles. The standard InChI is InChI=1S/C19H30N4O/c1-14(2)17-21-20-16-6-7-19(10-13-23(16)17)8-11-22(12-9-19)18(24)15-4-3-5-15/h14-15H,3-13H2,1-2H3. The second-order valence-corrected chi connectivity index (χ2v) is 8.48. The van der Waals surface area contributed by atoms with Crippen LogP contribution in [0, 0.1) is 11.3 Å². The fraction of sp³-hybridized carbons (Fsp3) is 0.842. The van der Waals surface area contributed by atoms with E-state index in [0.29, 0.717) is 23.2 Å². The van der Waals surface area contributed by atoms with Crippen molar-refractivity contribution >= 4 is 5.91 Å². The summed E-state index contributed by atoms with van der Waals surface area (Å²) in [5, 5.41) is 8.85. The molecule has 132 valence electrons. The van der Waals surface area contributed by atoms with Crippen molar-refractivity contribution in [3.8, 4) is 0 Å². The van der Waals surface area contributed by atoms with Crippen LogP contribution in [0.3, 0.4) is 0 Å². The van der Waals surface area contributed by atoms with Crippen LogP contribution in [0.5, 0.6) is 0 Å². The van der Waals surface area contributed by atoms with Crippen molar-refractivity contribution in [2.75, 3.05) is 13.1 Å². The third kappa shape index (κ3) is 2.76. The van der Waals surface area contributed by atoms with Crippen molar-refractivity contribution in [2.24, 2.45) is 11.3 Å². The van der Waals surface area contributed by atoms with Gasteiger partial charge in [-0.3, -0.25) is 4.79 Å². The highest BCUT2D eigenvalue weighted by atomic mass is 16.2. The summed E-state index contributed by atoms with van der Waals surface area (Å²) < 4.78 is 2.37. The predicted octanol–water partition coefficient (Wildman–Crippen LogP) is 3.15. The zero-order chi connectivity index (χ0) is 16.7. The normalized spacial score (nSPS) is 23.9. The Kier molecular flexibility index (Phi) is 4.13. The van der Waals surface area contributed by atoms with Gasteiger partial charge in [-0.2, -0.15) is 0 Å². The molecule has 0 unspecified atom stereocenters. The number of carbonyl (C=O) groups excluding carboxylic acids is 1. The summed E-state index contributed by atoms with van der Waals surface area (Å²) >= 11 is 0. The minimum absolute atomic E-state index is 0.345. The lowest BCUT2D eigenvalue weighted by atomic mass is 9.72. The van der Waals surface area contributed by atoms with Crippen molar-refractivity contribution in [1.82, 2.24) is 19.7 Å². The van der Waals surface area contributed by atoms with E-state index in [1.165, 1.54) is 37.9 Å². The van der Waals surface area contributed by atoms with Gasteiger partial charge in [0.05, 0.1) is 0 Å². The Hall–Kier alpha value is -1.39. The lowest BCUT2D eigenvalue weighted by molar-refractivity contribution is -0.140. The molecule has 2 fully saturated rings. The Balaban J connectivity index is 1.40. The summed E-state index contributed by atoms with van der Waals surface area (Å²) in [6, 6.07) is 0. The summed E-state index contributed by atoms with van der Waals surface area (Å²) in [6.45, 7) is 7.37. The van der Waals surface area contributed by atoms with E-state index in [4.69, 9.17) is 0 Å². The van der Waals surface area contributed by atoms with E-state index >= 15 is 0 Å². The number of hydrogen-bond donors (Lipinski definition) is 0. The molecule has 0 bridgehead atoms. The minimum Gasteiger partial charge on any atom is -0.342 e. The molecule has 1 aliphatic carbocycles. The first-order valence-electron chi connectivity index (χ1n) is 9.79. The van der Waals surface area contributed by atoms with E-state index in [1.54, 1.807) is 0 Å². The van der Waals surface area contributed by atoms with E-state index < -0.39 is 0 Å². The number of amides is 1. The van der Waals surface area contributed by atoms with Crippen LogP contribution in [0.1, 0.15) is 76.4 Å². The first-order valence-corrected chi connectivity index (χ1v) is 9.79. The lowest BCUT2D eigenvalue weighted by Gasteiger charge is -2.43. The van der Waals surface area contributed by atoms with Crippen LogP contribution in [-0.2, 0) is 17.8 Å². The van der Waals surface area contributed by atoms with Crippen LogP contribution in [0.25, 0.3) is 0 Å². The number of aromatic nitrogens is 3. The third-order valence-corrected chi connectivity index (χ3v) is 6.71. The molecule has 3 heterocycles. The van der Waals surface area contributed by atoms with Crippen LogP contribution in [0.4, 0.5) is 0 Å². The fourth-order valence-electron chi connectivity index (χ4n) is 4.67. The Labute approximate surface area is 144 Å². The Bertz CT molecular complexity index is 609. The number of hydrogen-bond acceptors (Lipinski definition) is 3. The largest absolute Gasteiger partial charge is 0.342 e. The summed E-state index contributed by atoms with van der Waals surface area (Å²) in [5.74, 6) is 3.52. The summed E-state index contributed by atoms with van der Waals surface area (Å²) in [7, 11) is 0. The quantitative estimate of drug-likeness (QED) is 0.837. The molecule has 1 saturated carbocycles. The molecule has 24 heavy (non-hydrogen) atoms. The molecule has 1 amide bonds. The molecule has 0 N–H and O–H groups in total. The topological polar surface area (TPSA) is 51.0 Å². The molecular weight excluding hydrogens is 300 g/mol. The molecule has 0 radical (unpaired) electrons. The van der Waals surface area contributed by atoms with Crippen molar-refractivity contribution < 1.29 is 4.79 Å². The maximum absolute atomic E-state index is 12.5. The molecule has 1 aromatic rings. The molecule has 1 saturated heterocycles. The van der Waals surface area contributed by atoms with Crippen LogP contribution < -0.4 is 0 Å². The molecule has 5 heteroatoms. The van der Waals surface area contributed by atoms with Gasteiger partial charge in [-0.1, -0.05) is 20.3 Å². The van der Waals surface area contributed by atoms with Gasteiger partial charge in [-0.15, -0.1) is 10.2 Å². The third-order valence-electron chi connectivity index (χ3n) is 6.71. The van der Waals surface area contributed by atoms with Gasteiger partial charge < -0.3 is 9.47 Å². The highest BCUT2D eigenvalue weighted by Gasteiger charge is 2.39. The molecule has 0 atom stereocenters. The number of fused-ring (bicyclic) bond motifs is 1. The summed E-state index contributed by atoms with van der Waals surface area (Å²) in [6.07, 6.45) is 9.26. The monoisotopic (exact) mass is 330 g/mol. The number of nitrogens with zero attached hydrogens (tertiary/aromatic N) is 4. The van der Waals surface area contributed by atoms with Crippen molar-refractivity contribution in [3.05, 3.63) is 11.6 Å². The second-order valence-electron chi connectivity index (χ2n) is 8.48. The number of aryl methyl sites for hydroxylation is 1. The van der Waals surface area contributed by atoms with Gasteiger partial charge in [-0.25, -0.2) is 0 Å². The second kappa shape index (κ2) is 6.16. The maximum atomic E-state index is 12.5. The number of piperidine rings is 1. The van der Waals surface area contributed by atoms with E-state index in [-0.39, 0.29) is 0 Å².